The first-order valence-electron chi connectivity index (χ1n) is 7.17. The first-order valence-corrected chi connectivity index (χ1v) is 7.17. The van der Waals surface area contributed by atoms with Gasteiger partial charge in [0.25, 0.3) is 0 Å². The molecule has 0 radical (unpaired) electrons. The minimum atomic E-state index is -0.856. The van der Waals surface area contributed by atoms with Crippen LogP contribution in [0.1, 0.15) is 33.6 Å². The van der Waals surface area contributed by atoms with Gasteiger partial charge in [0.15, 0.2) is 0 Å². The Labute approximate surface area is 125 Å². The van der Waals surface area contributed by atoms with E-state index in [1.54, 1.807) is 20.9 Å². The number of nitrogens with zero attached hydrogens (tertiary/aromatic N) is 1. The first kappa shape index (κ1) is 17.3. The number of likely N-dealkylation sites (tertiary alicyclic amines) is 1. The van der Waals surface area contributed by atoms with Crippen LogP contribution < -0.4 is 10.6 Å². The number of nitrogens with one attached hydrogen (secondary N) is 2. The van der Waals surface area contributed by atoms with Crippen LogP contribution in [0, 0.1) is 10.8 Å². The zero-order valence-electron chi connectivity index (χ0n) is 13.2. The van der Waals surface area contributed by atoms with Gasteiger partial charge >= 0.3 is 12.0 Å². The maximum absolute atomic E-state index is 12.1. The third-order valence-corrected chi connectivity index (χ3v) is 4.29. The van der Waals surface area contributed by atoms with E-state index in [0.29, 0.717) is 19.4 Å². The molecular weight excluding hydrogens is 274 g/mol. The summed E-state index contributed by atoms with van der Waals surface area (Å²) in [5.74, 6) is -1.01. The molecule has 120 valence electrons. The van der Waals surface area contributed by atoms with Crippen molar-refractivity contribution in [3.8, 4) is 0 Å². The van der Waals surface area contributed by atoms with Gasteiger partial charge in [0.2, 0.25) is 5.91 Å². The fourth-order valence-corrected chi connectivity index (χ4v) is 2.49. The smallest absolute Gasteiger partial charge is 0.317 e. The van der Waals surface area contributed by atoms with Gasteiger partial charge in [-0.05, 0) is 26.7 Å². The van der Waals surface area contributed by atoms with Crippen molar-refractivity contribution in [3.05, 3.63) is 0 Å². The molecule has 7 heteroatoms. The number of carbonyl (C=O) groups excluding carboxylic acids is 2. The highest BCUT2D eigenvalue weighted by molar-refractivity contribution is 5.83. The van der Waals surface area contributed by atoms with Crippen molar-refractivity contribution in [2.75, 3.05) is 26.7 Å². The van der Waals surface area contributed by atoms with Crippen molar-refractivity contribution in [2.45, 2.75) is 33.6 Å². The third-order valence-electron chi connectivity index (χ3n) is 4.29. The molecule has 1 fully saturated rings. The monoisotopic (exact) mass is 299 g/mol. The van der Waals surface area contributed by atoms with Crippen LogP contribution in [0.5, 0.6) is 0 Å². The summed E-state index contributed by atoms with van der Waals surface area (Å²) in [6.45, 7) is 6.14. The molecule has 0 aromatic carbocycles. The van der Waals surface area contributed by atoms with Crippen LogP contribution in [-0.2, 0) is 9.59 Å². The van der Waals surface area contributed by atoms with Crippen molar-refractivity contribution < 1.29 is 19.5 Å². The van der Waals surface area contributed by atoms with Gasteiger partial charge in [-0.15, -0.1) is 0 Å². The lowest BCUT2D eigenvalue weighted by molar-refractivity contribution is -0.148. The van der Waals surface area contributed by atoms with Crippen LogP contribution in [0.25, 0.3) is 0 Å². The molecule has 0 aromatic heterocycles. The molecule has 0 saturated carbocycles. The van der Waals surface area contributed by atoms with E-state index < -0.39 is 16.8 Å². The lowest BCUT2D eigenvalue weighted by atomic mass is 9.84. The second kappa shape index (κ2) is 6.32. The lowest BCUT2D eigenvalue weighted by Gasteiger charge is -2.26. The van der Waals surface area contributed by atoms with Crippen LogP contribution in [0.3, 0.4) is 0 Å². The van der Waals surface area contributed by atoms with Crippen molar-refractivity contribution in [3.63, 3.8) is 0 Å². The summed E-state index contributed by atoms with van der Waals surface area (Å²) < 4.78 is 0. The Morgan fingerprint density at radius 1 is 1.33 bits per heavy atom. The van der Waals surface area contributed by atoms with E-state index in [9.17, 15) is 19.5 Å². The second-order valence-corrected chi connectivity index (χ2v) is 6.23. The van der Waals surface area contributed by atoms with E-state index >= 15 is 0 Å². The van der Waals surface area contributed by atoms with Crippen molar-refractivity contribution in [2.24, 2.45) is 10.8 Å². The summed E-state index contributed by atoms with van der Waals surface area (Å²) in [6.07, 6.45) is 0.959. The summed E-state index contributed by atoms with van der Waals surface area (Å²) in [5, 5.41) is 14.6. The molecule has 1 saturated heterocycles. The van der Waals surface area contributed by atoms with E-state index in [1.165, 1.54) is 4.90 Å². The summed E-state index contributed by atoms with van der Waals surface area (Å²) in [5.41, 5.74) is -1.55. The Morgan fingerprint density at radius 2 is 1.95 bits per heavy atom. The number of hydrogen-bond acceptors (Lipinski definition) is 3. The largest absolute Gasteiger partial charge is 0.481 e. The van der Waals surface area contributed by atoms with Gasteiger partial charge in [0.05, 0.1) is 10.8 Å². The average molecular weight is 299 g/mol. The number of carbonyl (C=O) groups is 3. The molecular formula is C14H25N3O4. The van der Waals surface area contributed by atoms with Gasteiger partial charge < -0.3 is 20.6 Å². The minimum Gasteiger partial charge on any atom is -0.481 e. The molecule has 0 aliphatic carbocycles. The molecule has 1 aliphatic rings. The normalized spacial score (nSPS) is 22.0. The number of carboxylic acids is 1. The standard InChI is InChI=1S/C14H25N3O4/c1-5-14(11(19)20)6-7-17(9-14)12(21)16-8-13(2,3)10(18)15-4/h5-9H2,1-4H3,(H,15,18)(H,16,21)(H,19,20). The summed E-state index contributed by atoms with van der Waals surface area (Å²) in [7, 11) is 1.55. The Kier molecular flexibility index (Phi) is 5.20. The average Bonchev–Trinajstić information content (AvgIpc) is 2.89. The molecule has 3 amide bonds. The zero-order valence-corrected chi connectivity index (χ0v) is 13.2. The van der Waals surface area contributed by atoms with E-state index in [-0.39, 0.29) is 25.0 Å². The predicted molar refractivity (Wildman–Crippen MR) is 77.8 cm³/mol. The highest BCUT2D eigenvalue weighted by Crippen LogP contribution is 2.34. The Morgan fingerprint density at radius 3 is 2.38 bits per heavy atom. The second-order valence-electron chi connectivity index (χ2n) is 6.23. The number of rotatable bonds is 5. The molecule has 21 heavy (non-hydrogen) atoms. The summed E-state index contributed by atoms with van der Waals surface area (Å²) in [6, 6.07) is -0.316. The highest BCUT2D eigenvalue weighted by atomic mass is 16.4. The topological polar surface area (TPSA) is 98.7 Å². The first-order chi connectivity index (χ1) is 9.68. The van der Waals surface area contributed by atoms with E-state index in [1.807, 2.05) is 6.92 Å². The van der Waals surface area contributed by atoms with Crippen LogP contribution in [0.2, 0.25) is 0 Å². The number of amides is 3. The molecule has 1 atom stereocenters. The predicted octanol–water partition coefficient (Wildman–Crippen LogP) is 0.655. The number of hydrogen-bond donors (Lipinski definition) is 3. The maximum Gasteiger partial charge on any atom is 0.317 e. The molecule has 1 aliphatic heterocycles. The molecule has 0 aromatic rings. The maximum atomic E-state index is 12.1. The van der Waals surface area contributed by atoms with Crippen LogP contribution in [0.15, 0.2) is 0 Å². The SMILES string of the molecule is CCC1(C(=O)O)CCN(C(=O)NCC(C)(C)C(=O)NC)C1. The quantitative estimate of drug-likeness (QED) is 0.694. The minimum absolute atomic E-state index is 0.155. The highest BCUT2D eigenvalue weighted by Gasteiger charge is 2.45. The van der Waals surface area contributed by atoms with Gasteiger partial charge in [-0.3, -0.25) is 9.59 Å². The molecule has 1 unspecified atom stereocenters. The van der Waals surface area contributed by atoms with Gasteiger partial charge in [0, 0.05) is 26.7 Å². The lowest BCUT2D eigenvalue weighted by Crippen LogP contribution is -2.48. The van der Waals surface area contributed by atoms with Crippen molar-refractivity contribution in [1.82, 2.24) is 15.5 Å². The zero-order chi connectivity index (χ0) is 16.3. The van der Waals surface area contributed by atoms with E-state index in [4.69, 9.17) is 0 Å². The molecule has 1 heterocycles. The van der Waals surface area contributed by atoms with Crippen molar-refractivity contribution >= 4 is 17.9 Å². The molecule has 0 spiro atoms. The molecule has 7 nitrogen and oxygen atoms in total. The third kappa shape index (κ3) is 3.65. The van der Waals surface area contributed by atoms with Crippen molar-refractivity contribution in [1.29, 1.82) is 0 Å². The summed E-state index contributed by atoms with van der Waals surface area (Å²) in [4.78, 5) is 36.6. The van der Waals surface area contributed by atoms with Crippen LogP contribution in [-0.4, -0.2) is 54.6 Å². The van der Waals surface area contributed by atoms with E-state index in [2.05, 4.69) is 10.6 Å². The fraction of sp³-hybridized carbons (Fsp3) is 0.786. The van der Waals surface area contributed by atoms with Gasteiger partial charge in [-0.2, -0.15) is 0 Å². The number of aliphatic carboxylic acids is 1. The molecule has 1 rings (SSSR count). The van der Waals surface area contributed by atoms with Gasteiger partial charge in [-0.25, -0.2) is 4.79 Å². The number of urea groups is 1. The van der Waals surface area contributed by atoms with Gasteiger partial charge in [0.1, 0.15) is 0 Å². The van der Waals surface area contributed by atoms with Gasteiger partial charge in [-0.1, -0.05) is 6.92 Å². The van der Waals surface area contributed by atoms with Crippen LogP contribution in [0.4, 0.5) is 4.79 Å². The Balaban J connectivity index is 2.59. The van der Waals surface area contributed by atoms with Crippen LogP contribution >= 0.6 is 0 Å². The number of carboxylic acid groups (broad SMARTS) is 1. The fourth-order valence-electron chi connectivity index (χ4n) is 2.49. The summed E-state index contributed by atoms with van der Waals surface area (Å²) >= 11 is 0. The molecule has 3 N–H and O–H groups in total. The molecule has 0 bridgehead atoms. The Hall–Kier alpha value is -1.79. The Bertz CT molecular complexity index is 436. The van der Waals surface area contributed by atoms with E-state index in [0.717, 1.165) is 0 Å².